The molecule has 31 heavy (non-hydrogen) atoms. The summed E-state index contributed by atoms with van der Waals surface area (Å²) in [5.41, 5.74) is 0.483. The van der Waals surface area contributed by atoms with Gasteiger partial charge in [0, 0.05) is 29.6 Å². The number of carbonyl (C=O) groups is 1. The molecule has 0 spiro atoms. The van der Waals surface area contributed by atoms with Gasteiger partial charge in [0.1, 0.15) is 18.1 Å². The van der Waals surface area contributed by atoms with Crippen molar-refractivity contribution >= 4 is 29.1 Å². The molecule has 0 saturated heterocycles. The molecular formula is C21H16ClN3O6. The van der Waals surface area contributed by atoms with Crippen LogP contribution in [0.2, 0.25) is 5.02 Å². The first-order valence-corrected chi connectivity index (χ1v) is 9.57. The van der Waals surface area contributed by atoms with E-state index in [0.29, 0.717) is 22.1 Å². The summed E-state index contributed by atoms with van der Waals surface area (Å²) < 4.78 is 17.2. The van der Waals surface area contributed by atoms with Crippen molar-refractivity contribution in [2.45, 2.75) is 13.2 Å². The van der Waals surface area contributed by atoms with Gasteiger partial charge in [0.2, 0.25) is 12.1 Å². The summed E-state index contributed by atoms with van der Waals surface area (Å²) in [6.07, 6.45) is -0.783. The summed E-state index contributed by atoms with van der Waals surface area (Å²) >= 11 is 5.87. The molecule has 1 amide bonds. The Hall–Kier alpha value is -3.85. The molecule has 0 radical (unpaired) electrons. The first-order chi connectivity index (χ1) is 14.9. The molecule has 2 aromatic carbocycles. The van der Waals surface area contributed by atoms with Crippen LogP contribution in [0, 0.1) is 10.1 Å². The lowest BCUT2D eigenvalue weighted by atomic mass is 10.1. The van der Waals surface area contributed by atoms with Gasteiger partial charge in [0.15, 0.2) is 5.76 Å². The number of benzene rings is 2. The molecule has 9 nitrogen and oxygen atoms in total. The Morgan fingerprint density at radius 2 is 1.94 bits per heavy atom. The molecule has 2 heterocycles. The quantitative estimate of drug-likeness (QED) is 0.413. The van der Waals surface area contributed by atoms with Gasteiger partial charge in [-0.15, -0.1) is 5.10 Å². The van der Waals surface area contributed by atoms with Crippen molar-refractivity contribution in [2.75, 3.05) is 6.61 Å². The van der Waals surface area contributed by atoms with Gasteiger partial charge in [-0.25, -0.2) is 0 Å². The van der Waals surface area contributed by atoms with Gasteiger partial charge in [-0.1, -0.05) is 23.7 Å². The van der Waals surface area contributed by atoms with Gasteiger partial charge in [-0.05, 0) is 36.4 Å². The summed E-state index contributed by atoms with van der Waals surface area (Å²) in [4.78, 5) is 22.5. The van der Waals surface area contributed by atoms with E-state index < -0.39 is 11.2 Å². The molecule has 1 aromatic heterocycles. The van der Waals surface area contributed by atoms with E-state index in [0.717, 1.165) is 0 Å². The van der Waals surface area contributed by atoms with Crippen molar-refractivity contribution in [1.29, 1.82) is 0 Å². The molecule has 0 fully saturated rings. The number of nitro groups is 1. The maximum Gasteiger partial charge on any atom is 0.277 e. The normalized spacial score (nSPS) is 15.4. The van der Waals surface area contributed by atoms with Crippen molar-refractivity contribution in [3.8, 4) is 17.1 Å². The molecule has 4 rings (SSSR count). The first kappa shape index (κ1) is 20.4. The monoisotopic (exact) mass is 441 g/mol. The Morgan fingerprint density at radius 1 is 1.19 bits per heavy atom. The molecule has 0 N–H and O–H groups in total. The van der Waals surface area contributed by atoms with Gasteiger partial charge in [-0.3, -0.25) is 14.9 Å². The summed E-state index contributed by atoms with van der Waals surface area (Å²) in [6.45, 7) is 1.40. The molecule has 1 unspecified atom stereocenters. The summed E-state index contributed by atoms with van der Waals surface area (Å²) in [5, 5.41) is 16.9. The fraction of sp³-hybridized carbons (Fsp3) is 0.143. The predicted octanol–water partition coefficient (Wildman–Crippen LogP) is 4.45. The van der Waals surface area contributed by atoms with Crippen molar-refractivity contribution in [2.24, 2.45) is 5.10 Å². The van der Waals surface area contributed by atoms with Crippen LogP contribution in [0.4, 0.5) is 5.69 Å². The van der Waals surface area contributed by atoms with E-state index in [9.17, 15) is 14.9 Å². The molecule has 0 saturated carbocycles. The van der Waals surface area contributed by atoms with Crippen LogP contribution in [-0.4, -0.2) is 34.6 Å². The molecule has 1 atom stereocenters. The first-order valence-electron chi connectivity index (χ1n) is 9.19. The number of amides is 1. The Kier molecular flexibility index (Phi) is 5.59. The zero-order chi connectivity index (χ0) is 22.0. The van der Waals surface area contributed by atoms with Crippen molar-refractivity contribution < 1.29 is 23.6 Å². The molecular weight excluding hydrogens is 426 g/mol. The highest BCUT2D eigenvalue weighted by molar-refractivity contribution is 6.30. The second-order valence-electron chi connectivity index (χ2n) is 6.58. The van der Waals surface area contributed by atoms with E-state index >= 15 is 0 Å². The third kappa shape index (κ3) is 4.51. The third-order valence-corrected chi connectivity index (χ3v) is 4.66. The van der Waals surface area contributed by atoms with Crippen LogP contribution in [0.15, 0.2) is 70.2 Å². The van der Waals surface area contributed by atoms with Crippen molar-refractivity contribution in [1.82, 2.24) is 5.01 Å². The number of hydrogen-bond acceptors (Lipinski definition) is 7. The van der Waals surface area contributed by atoms with Crippen molar-refractivity contribution in [3.63, 3.8) is 0 Å². The second kappa shape index (κ2) is 8.49. The van der Waals surface area contributed by atoms with E-state index in [1.54, 1.807) is 48.5 Å². The van der Waals surface area contributed by atoms with E-state index in [4.69, 9.17) is 25.5 Å². The standard InChI is InChI=1S/C21H16ClN3O6/c1-13(26)24-20(12-29-17-7-5-15(22)6-8-17)31-21(23-24)19-10-9-18(30-19)14-3-2-4-16(11-14)25(27)28/h2-11,20H,12H2,1H3. The number of nitro benzene ring substituents is 1. The second-order valence-corrected chi connectivity index (χ2v) is 7.01. The highest BCUT2D eigenvalue weighted by Gasteiger charge is 2.33. The summed E-state index contributed by atoms with van der Waals surface area (Å²) in [7, 11) is 0. The molecule has 0 aliphatic carbocycles. The van der Waals surface area contributed by atoms with E-state index in [1.807, 2.05) is 0 Å². The van der Waals surface area contributed by atoms with Crippen LogP contribution >= 0.6 is 11.6 Å². The average molecular weight is 442 g/mol. The molecule has 1 aliphatic rings. The maximum atomic E-state index is 12.0. The van der Waals surface area contributed by atoms with Crippen LogP contribution in [0.3, 0.4) is 0 Å². The number of hydrazone groups is 1. The zero-order valence-corrected chi connectivity index (χ0v) is 17.0. The highest BCUT2D eigenvalue weighted by Crippen LogP contribution is 2.28. The molecule has 3 aromatic rings. The minimum absolute atomic E-state index is 0.0344. The largest absolute Gasteiger partial charge is 0.488 e. The van der Waals surface area contributed by atoms with Gasteiger partial charge in [0.05, 0.1) is 4.92 Å². The van der Waals surface area contributed by atoms with Gasteiger partial charge in [-0.2, -0.15) is 5.01 Å². The molecule has 10 heteroatoms. The Morgan fingerprint density at radius 3 is 2.65 bits per heavy atom. The summed E-state index contributed by atoms with van der Waals surface area (Å²) in [6, 6.07) is 16.1. The number of halogens is 1. The van der Waals surface area contributed by atoms with Crippen LogP contribution in [-0.2, 0) is 9.53 Å². The Labute approximate surface area is 181 Å². The van der Waals surface area contributed by atoms with Crippen LogP contribution in [0.5, 0.6) is 5.75 Å². The molecule has 0 bridgehead atoms. The lowest BCUT2D eigenvalue weighted by Gasteiger charge is -2.19. The van der Waals surface area contributed by atoms with Crippen LogP contribution in [0.25, 0.3) is 11.3 Å². The minimum atomic E-state index is -0.783. The fourth-order valence-corrected chi connectivity index (χ4v) is 3.05. The van der Waals surface area contributed by atoms with Gasteiger partial charge < -0.3 is 13.9 Å². The SMILES string of the molecule is CC(=O)N1N=C(c2ccc(-c3cccc([N+](=O)[O-])c3)o2)OC1COc1ccc(Cl)cc1. The lowest BCUT2D eigenvalue weighted by molar-refractivity contribution is -0.384. The number of hydrogen-bond donors (Lipinski definition) is 0. The average Bonchev–Trinajstić information content (AvgIpc) is 3.41. The fourth-order valence-electron chi connectivity index (χ4n) is 2.93. The van der Waals surface area contributed by atoms with Gasteiger partial charge >= 0.3 is 0 Å². The van der Waals surface area contributed by atoms with Gasteiger partial charge in [0.25, 0.3) is 11.6 Å². The van der Waals surface area contributed by atoms with Crippen LogP contribution < -0.4 is 4.74 Å². The number of furan rings is 1. The number of carbonyl (C=O) groups excluding carboxylic acids is 1. The van der Waals surface area contributed by atoms with Crippen LogP contribution in [0.1, 0.15) is 12.7 Å². The predicted molar refractivity (Wildman–Crippen MR) is 112 cm³/mol. The lowest BCUT2D eigenvalue weighted by Crippen LogP contribution is -2.36. The topological polar surface area (TPSA) is 107 Å². The molecule has 1 aliphatic heterocycles. The highest BCUT2D eigenvalue weighted by atomic mass is 35.5. The minimum Gasteiger partial charge on any atom is -0.488 e. The number of rotatable bonds is 6. The van der Waals surface area contributed by atoms with E-state index in [-0.39, 0.29) is 29.9 Å². The zero-order valence-electron chi connectivity index (χ0n) is 16.2. The van der Waals surface area contributed by atoms with E-state index in [1.165, 1.54) is 24.1 Å². The smallest absolute Gasteiger partial charge is 0.277 e. The molecule has 158 valence electrons. The Bertz CT molecular complexity index is 1160. The Balaban J connectivity index is 1.50. The maximum absolute atomic E-state index is 12.0. The van der Waals surface area contributed by atoms with E-state index in [2.05, 4.69) is 5.10 Å². The van der Waals surface area contributed by atoms with Crippen molar-refractivity contribution in [3.05, 3.63) is 81.6 Å². The number of non-ortho nitro benzene ring substituents is 1. The number of nitrogens with zero attached hydrogens (tertiary/aromatic N) is 3. The summed E-state index contributed by atoms with van der Waals surface area (Å²) in [5.74, 6) is 1.03. The third-order valence-electron chi connectivity index (χ3n) is 4.41. The number of ether oxygens (including phenoxy) is 2.